The monoisotopic (exact) mass is 379 g/mol. The molecule has 0 fully saturated rings. The number of nitrogens with two attached hydrogens (primary N) is 1. The number of nitrogen functional groups attached to an aromatic ring is 1. The highest BCUT2D eigenvalue weighted by Gasteiger charge is 2.33. The second-order valence-electron chi connectivity index (χ2n) is 5.29. The van der Waals surface area contributed by atoms with E-state index < -0.39 is 11.7 Å². The highest BCUT2D eigenvalue weighted by Crippen LogP contribution is 2.37. The number of nitrogens with one attached hydrogen (secondary N) is 2. The Kier molecular flexibility index (Phi) is 4.85. The molecule has 0 aliphatic heterocycles. The van der Waals surface area contributed by atoms with Crippen molar-refractivity contribution in [3.05, 3.63) is 65.4 Å². The Labute approximate surface area is 152 Å². The number of benzene rings is 2. The molecular formula is C17H13ClF3N5. The summed E-state index contributed by atoms with van der Waals surface area (Å²) in [5.74, 6) is 0.507. The molecular weight excluding hydrogens is 367 g/mol. The number of halogens is 4. The molecule has 0 aliphatic rings. The van der Waals surface area contributed by atoms with E-state index in [1.54, 1.807) is 0 Å². The third-order valence-electron chi connectivity index (χ3n) is 3.45. The zero-order valence-corrected chi connectivity index (χ0v) is 13.9. The van der Waals surface area contributed by atoms with E-state index in [1.165, 1.54) is 12.4 Å². The van der Waals surface area contributed by atoms with Crippen LogP contribution < -0.4 is 16.4 Å². The summed E-state index contributed by atoms with van der Waals surface area (Å²) in [6.07, 6.45) is -3.31. The lowest BCUT2D eigenvalue weighted by Gasteiger charge is -2.14. The minimum atomic E-state index is -4.56. The van der Waals surface area contributed by atoms with Crippen molar-refractivity contribution in [1.82, 2.24) is 9.97 Å². The summed E-state index contributed by atoms with van der Waals surface area (Å²) in [5, 5.41) is 5.41. The summed E-state index contributed by atoms with van der Waals surface area (Å²) in [5.41, 5.74) is 6.17. The number of hydrogen-bond acceptors (Lipinski definition) is 5. The molecule has 0 spiro atoms. The number of para-hydroxylation sites is 1. The lowest BCUT2D eigenvalue weighted by molar-refractivity contribution is -0.137. The number of hydrogen-bond donors (Lipinski definition) is 3. The van der Waals surface area contributed by atoms with Gasteiger partial charge < -0.3 is 16.4 Å². The van der Waals surface area contributed by atoms with E-state index in [1.807, 2.05) is 30.3 Å². The van der Waals surface area contributed by atoms with Gasteiger partial charge in [0.25, 0.3) is 0 Å². The van der Waals surface area contributed by atoms with Gasteiger partial charge in [0.15, 0.2) is 11.6 Å². The van der Waals surface area contributed by atoms with Crippen molar-refractivity contribution in [3.63, 3.8) is 0 Å². The highest BCUT2D eigenvalue weighted by atomic mass is 35.5. The Bertz CT molecular complexity index is 916. The van der Waals surface area contributed by atoms with Crippen LogP contribution in [0.5, 0.6) is 0 Å². The zero-order valence-electron chi connectivity index (χ0n) is 13.2. The van der Waals surface area contributed by atoms with Gasteiger partial charge in [0.1, 0.15) is 12.0 Å². The Morgan fingerprint density at radius 3 is 2.12 bits per heavy atom. The smallest absolute Gasteiger partial charge is 0.393 e. The molecule has 2 aromatic carbocycles. The third kappa shape index (κ3) is 3.97. The first-order valence-corrected chi connectivity index (χ1v) is 7.78. The fourth-order valence-electron chi connectivity index (χ4n) is 2.21. The van der Waals surface area contributed by atoms with E-state index >= 15 is 0 Å². The molecule has 134 valence electrons. The largest absolute Gasteiger partial charge is 0.417 e. The van der Waals surface area contributed by atoms with Crippen LogP contribution in [-0.4, -0.2) is 9.97 Å². The third-order valence-corrected chi connectivity index (χ3v) is 3.78. The van der Waals surface area contributed by atoms with Crippen molar-refractivity contribution in [2.45, 2.75) is 6.18 Å². The second kappa shape index (κ2) is 7.09. The first-order chi connectivity index (χ1) is 12.3. The number of rotatable bonds is 4. The van der Waals surface area contributed by atoms with E-state index in [2.05, 4.69) is 20.6 Å². The molecule has 3 rings (SSSR count). The van der Waals surface area contributed by atoms with Gasteiger partial charge in [-0.15, -0.1) is 0 Å². The molecule has 3 aromatic rings. The van der Waals surface area contributed by atoms with Crippen molar-refractivity contribution in [1.29, 1.82) is 0 Å². The average Bonchev–Trinajstić information content (AvgIpc) is 2.60. The highest BCUT2D eigenvalue weighted by molar-refractivity contribution is 6.31. The lowest BCUT2D eigenvalue weighted by atomic mass is 10.2. The molecule has 4 N–H and O–H groups in total. The van der Waals surface area contributed by atoms with Crippen LogP contribution in [0.1, 0.15) is 5.56 Å². The molecule has 1 aromatic heterocycles. The van der Waals surface area contributed by atoms with Gasteiger partial charge in [0, 0.05) is 11.4 Å². The second-order valence-corrected chi connectivity index (χ2v) is 5.70. The van der Waals surface area contributed by atoms with Crippen LogP contribution in [0.3, 0.4) is 0 Å². The van der Waals surface area contributed by atoms with Gasteiger partial charge in [-0.2, -0.15) is 13.2 Å². The van der Waals surface area contributed by atoms with Crippen LogP contribution in [0, 0.1) is 0 Å². The normalized spacial score (nSPS) is 11.2. The molecule has 9 heteroatoms. The van der Waals surface area contributed by atoms with Crippen LogP contribution in [-0.2, 0) is 6.18 Å². The van der Waals surface area contributed by atoms with Gasteiger partial charge in [0.2, 0.25) is 0 Å². The zero-order chi connectivity index (χ0) is 18.7. The summed E-state index contributed by atoms with van der Waals surface area (Å²) in [6.45, 7) is 0. The van der Waals surface area contributed by atoms with Gasteiger partial charge >= 0.3 is 6.18 Å². The summed E-state index contributed by atoms with van der Waals surface area (Å²) in [6, 6.07) is 12.6. The standard InChI is InChI=1S/C17H13ClF3N5/c18-13-7-6-11(8-12(13)17(19,20)21)26-16-14(22)15(23-9-24-16)25-10-4-2-1-3-5-10/h1-9H,22H2,(H2,23,24,25,26). The minimum Gasteiger partial charge on any atom is -0.393 e. The molecule has 0 unspecified atom stereocenters. The molecule has 0 amide bonds. The number of nitrogens with zero attached hydrogens (tertiary/aromatic N) is 2. The molecule has 0 aliphatic carbocycles. The van der Waals surface area contributed by atoms with Gasteiger partial charge in [-0.05, 0) is 30.3 Å². The Morgan fingerprint density at radius 2 is 1.50 bits per heavy atom. The minimum absolute atomic E-state index is 0.151. The van der Waals surface area contributed by atoms with Gasteiger partial charge in [-0.25, -0.2) is 9.97 Å². The van der Waals surface area contributed by atoms with Gasteiger partial charge in [-0.1, -0.05) is 29.8 Å². The lowest BCUT2D eigenvalue weighted by Crippen LogP contribution is -2.08. The van der Waals surface area contributed by atoms with E-state index in [4.69, 9.17) is 17.3 Å². The van der Waals surface area contributed by atoms with E-state index in [-0.39, 0.29) is 22.2 Å². The topological polar surface area (TPSA) is 75.9 Å². The van der Waals surface area contributed by atoms with E-state index in [0.29, 0.717) is 5.82 Å². The van der Waals surface area contributed by atoms with E-state index in [0.717, 1.165) is 17.8 Å². The molecule has 5 nitrogen and oxygen atoms in total. The van der Waals surface area contributed by atoms with Gasteiger partial charge in [-0.3, -0.25) is 0 Å². The Balaban J connectivity index is 1.88. The van der Waals surface area contributed by atoms with Crippen LogP contribution in [0.2, 0.25) is 5.02 Å². The van der Waals surface area contributed by atoms with Crippen molar-refractivity contribution in [2.24, 2.45) is 0 Å². The Hall–Kier alpha value is -3.00. The van der Waals surface area contributed by atoms with Crippen molar-refractivity contribution < 1.29 is 13.2 Å². The number of anilines is 5. The number of aromatic nitrogens is 2. The average molecular weight is 380 g/mol. The van der Waals surface area contributed by atoms with Crippen molar-refractivity contribution >= 4 is 40.3 Å². The first kappa shape index (κ1) is 17.8. The summed E-state index contributed by atoms with van der Waals surface area (Å²) < 4.78 is 38.9. The molecule has 0 atom stereocenters. The SMILES string of the molecule is Nc1c(Nc2ccccc2)ncnc1Nc1ccc(Cl)c(C(F)(F)F)c1. The molecule has 0 saturated heterocycles. The summed E-state index contributed by atoms with van der Waals surface area (Å²) >= 11 is 5.62. The van der Waals surface area contributed by atoms with Crippen LogP contribution in [0.15, 0.2) is 54.9 Å². The molecule has 1 heterocycles. The maximum atomic E-state index is 13.0. The maximum absolute atomic E-state index is 13.0. The number of alkyl halides is 3. The fourth-order valence-corrected chi connectivity index (χ4v) is 2.43. The maximum Gasteiger partial charge on any atom is 0.417 e. The fraction of sp³-hybridized carbons (Fsp3) is 0.0588. The quantitative estimate of drug-likeness (QED) is 0.579. The molecule has 0 saturated carbocycles. The molecule has 0 bridgehead atoms. The first-order valence-electron chi connectivity index (χ1n) is 7.41. The van der Waals surface area contributed by atoms with Gasteiger partial charge in [0.05, 0.1) is 10.6 Å². The molecule has 0 radical (unpaired) electrons. The summed E-state index contributed by atoms with van der Waals surface area (Å²) in [4.78, 5) is 8.05. The van der Waals surface area contributed by atoms with Crippen LogP contribution in [0.4, 0.5) is 41.9 Å². The predicted octanol–water partition coefficient (Wildman–Crippen LogP) is 5.22. The van der Waals surface area contributed by atoms with Crippen LogP contribution >= 0.6 is 11.6 Å². The Morgan fingerprint density at radius 1 is 0.885 bits per heavy atom. The van der Waals surface area contributed by atoms with Crippen LogP contribution in [0.25, 0.3) is 0 Å². The van der Waals surface area contributed by atoms with Crippen molar-refractivity contribution in [2.75, 3.05) is 16.4 Å². The van der Waals surface area contributed by atoms with Crippen molar-refractivity contribution in [3.8, 4) is 0 Å². The molecule has 26 heavy (non-hydrogen) atoms. The van der Waals surface area contributed by atoms with E-state index in [9.17, 15) is 13.2 Å². The predicted molar refractivity (Wildman–Crippen MR) is 95.9 cm³/mol. The summed E-state index contributed by atoms with van der Waals surface area (Å²) in [7, 11) is 0.